The molecule has 4 N–H and O–H groups in total. The van der Waals surface area contributed by atoms with E-state index in [1.165, 1.54) is 18.5 Å². The fourth-order valence-electron chi connectivity index (χ4n) is 3.62. The van der Waals surface area contributed by atoms with Crippen molar-refractivity contribution in [1.29, 1.82) is 10.5 Å². The lowest BCUT2D eigenvalue weighted by Gasteiger charge is -2.29. The van der Waals surface area contributed by atoms with Crippen LogP contribution in [-0.4, -0.2) is 42.7 Å². The van der Waals surface area contributed by atoms with Gasteiger partial charge in [0.05, 0.1) is 29.1 Å². The Morgan fingerprint density at radius 1 is 1.18 bits per heavy atom. The van der Waals surface area contributed by atoms with Gasteiger partial charge < -0.3 is 20.8 Å². The summed E-state index contributed by atoms with van der Waals surface area (Å²) in [5.74, 6) is 0.0834. The Hall–Kier alpha value is -4.93. The molecule has 4 aromatic rings. The number of benzene rings is 2. The normalized spacial score (nSPS) is 11.5. The van der Waals surface area contributed by atoms with E-state index in [9.17, 15) is 20.7 Å². The summed E-state index contributed by atoms with van der Waals surface area (Å²) in [6.07, 6.45) is 0.113. The van der Waals surface area contributed by atoms with Crippen LogP contribution in [0.1, 0.15) is 5.56 Å². The molecule has 10 heteroatoms. The van der Waals surface area contributed by atoms with Gasteiger partial charge in [-0.15, -0.1) is 0 Å². The quantitative estimate of drug-likeness (QED) is 0.283. The predicted molar refractivity (Wildman–Crippen MR) is 126 cm³/mol. The highest BCUT2D eigenvalue weighted by molar-refractivity contribution is 5.98. The summed E-state index contributed by atoms with van der Waals surface area (Å²) < 4.78 is 1.62. The number of nitrogens with two attached hydrogens (primary N) is 1. The van der Waals surface area contributed by atoms with Crippen LogP contribution in [0.2, 0.25) is 0 Å². The zero-order chi connectivity index (χ0) is 24.2. The number of aliphatic hydroxyl groups excluding tert-OH is 1. The number of para-hydroxylation sites is 1. The number of nitrogens with zero attached hydrogens (tertiary/aromatic N) is 7. The van der Waals surface area contributed by atoms with Crippen LogP contribution in [0.5, 0.6) is 5.75 Å². The number of anilines is 2. The first-order valence-corrected chi connectivity index (χ1v) is 10.2. The molecule has 10 nitrogen and oxygen atoms in total. The van der Waals surface area contributed by atoms with Crippen molar-refractivity contribution in [1.82, 2.24) is 19.7 Å². The molecule has 0 aliphatic rings. The third-order valence-electron chi connectivity index (χ3n) is 5.34. The number of nitriles is 2. The first-order chi connectivity index (χ1) is 16.4. The SMILES string of the molecule is C=C(C#N)C(O)N(CCn1nc(-c2ccc(O)c(C#N)c2)c2c(N)ncnc21)c1ccccc1. The van der Waals surface area contributed by atoms with Gasteiger partial charge in [-0.1, -0.05) is 24.8 Å². The minimum atomic E-state index is -1.22. The second kappa shape index (κ2) is 9.28. The Balaban J connectivity index is 1.75. The first kappa shape index (κ1) is 22.3. The molecule has 34 heavy (non-hydrogen) atoms. The topological polar surface area (TPSA) is 161 Å². The minimum Gasteiger partial charge on any atom is -0.507 e. The lowest BCUT2D eigenvalue weighted by molar-refractivity contribution is 0.207. The van der Waals surface area contributed by atoms with Crippen molar-refractivity contribution < 1.29 is 10.2 Å². The van der Waals surface area contributed by atoms with Crippen LogP contribution in [-0.2, 0) is 6.54 Å². The molecule has 0 bridgehead atoms. The summed E-state index contributed by atoms with van der Waals surface area (Å²) >= 11 is 0. The molecular weight excluding hydrogens is 432 g/mol. The van der Waals surface area contributed by atoms with Crippen LogP contribution >= 0.6 is 0 Å². The standard InChI is InChI=1S/C24H20N8O2/c1-15(12-25)24(34)31(18-5-3-2-4-6-18)9-10-32-23-20(22(27)28-14-29-23)21(30-32)16-7-8-19(33)17(11-16)13-26/h2-8,11,14,24,33-34H,1,9-10H2,(H2,27,28,29). The van der Waals surface area contributed by atoms with Gasteiger partial charge in [0.1, 0.15) is 29.7 Å². The van der Waals surface area contributed by atoms with Crippen LogP contribution in [0.4, 0.5) is 11.5 Å². The van der Waals surface area contributed by atoms with Crippen LogP contribution in [0.25, 0.3) is 22.3 Å². The van der Waals surface area contributed by atoms with E-state index in [2.05, 4.69) is 21.6 Å². The number of aromatic nitrogens is 4. The lowest BCUT2D eigenvalue weighted by atomic mass is 10.1. The minimum absolute atomic E-state index is 0.00885. The van der Waals surface area contributed by atoms with E-state index in [1.807, 2.05) is 42.5 Å². The van der Waals surface area contributed by atoms with Crippen LogP contribution < -0.4 is 10.6 Å². The average Bonchev–Trinajstić information content (AvgIpc) is 3.24. The van der Waals surface area contributed by atoms with Gasteiger partial charge in [0.2, 0.25) is 0 Å². The van der Waals surface area contributed by atoms with E-state index in [-0.39, 0.29) is 35.8 Å². The van der Waals surface area contributed by atoms with E-state index < -0.39 is 6.23 Å². The number of nitrogen functional groups attached to an aromatic ring is 1. The number of rotatable bonds is 7. The van der Waals surface area contributed by atoms with Gasteiger partial charge in [-0.2, -0.15) is 15.6 Å². The van der Waals surface area contributed by atoms with Crippen molar-refractivity contribution in [2.45, 2.75) is 12.8 Å². The highest BCUT2D eigenvalue weighted by Gasteiger charge is 2.22. The van der Waals surface area contributed by atoms with Crippen molar-refractivity contribution in [3.05, 3.63) is 72.6 Å². The molecule has 0 radical (unpaired) electrons. The van der Waals surface area contributed by atoms with Gasteiger partial charge in [-0.3, -0.25) is 0 Å². The molecule has 0 fully saturated rings. The number of aromatic hydroxyl groups is 1. The van der Waals surface area contributed by atoms with E-state index in [0.717, 1.165) is 0 Å². The Kier molecular flexibility index (Phi) is 6.08. The van der Waals surface area contributed by atoms with Gasteiger partial charge in [-0.05, 0) is 30.3 Å². The summed E-state index contributed by atoms with van der Waals surface area (Å²) in [6.45, 7) is 4.19. The molecule has 2 heterocycles. The van der Waals surface area contributed by atoms with Gasteiger partial charge in [0.25, 0.3) is 0 Å². The molecule has 0 saturated carbocycles. The molecule has 2 aromatic carbocycles. The third-order valence-corrected chi connectivity index (χ3v) is 5.34. The molecule has 1 unspecified atom stereocenters. The maximum absolute atomic E-state index is 10.7. The average molecular weight is 452 g/mol. The molecule has 0 amide bonds. The molecule has 0 aliphatic heterocycles. The second-order valence-electron chi connectivity index (χ2n) is 7.41. The Bertz CT molecular complexity index is 1450. The summed E-state index contributed by atoms with van der Waals surface area (Å²) in [4.78, 5) is 10.0. The maximum atomic E-state index is 10.7. The fourth-order valence-corrected chi connectivity index (χ4v) is 3.62. The highest BCUT2D eigenvalue weighted by atomic mass is 16.3. The summed E-state index contributed by atoms with van der Waals surface area (Å²) in [5.41, 5.74) is 8.45. The Labute approximate surface area is 195 Å². The second-order valence-corrected chi connectivity index (χ2v) is 7.41. The van der Waals surface area contributed by atoms with E-state index in [0.29, 0.717) is 28.0 Å². The zero-order valence-corrected chi connectivity index (χ0v) is 18.0. The van der Waals surface area contributed by atoms with Crippen LogP contribution in [0, 0.1) is 22.7 Å². The van der Waals surface area contributed by atoms with Gasteiger partial charge in [0, 0.05) is 17.8 Å². The highest BCUT2D eigenvalue weighted by Crippen LogP contribution is 2.32. The largest absolute Gasteiger partial charge is 0.507 e. The monoisotopic (exact) mass is 452 g/mol. The molecule has 168 valence electrons. The molecule has 1 atom stereocenters. The van der Waals surface area contributed by atoms with Crippen molar-refractivity contribution >= 4 is 22.5 Å². The summed E-state index contributed by atoms with van der Waals surface area (Å²) in [7, 11) is 0. The van der Waals surface area contributed by atoms with Crippen molar-refractivity contribution in [3.8, 4) is 29.1 Å². The number of phenols is 1. The molecular formula is C24H20N8O2. The van der Waals surface area contributed by atoms with Gasteiger partial charge in [0.15, 0.2) is 11.9 Å². The molecule has 4 rings (SSSR count). The van der Waals surface area contributed by atoms with Crippen LogP contribution in [0.15, 0.2) is 67.0 Å². The number of aliphatic hydroxyl groups is 1. The molecule has 2 aromatic heterocycles. The van der Waals surface area contributed by atoms with E-state index in [4.69, 9.17) is 5.73 Å². The van der Waals surface area contributed by atoms with Gasteiger partial charge >= 0.3 is 0 Å². The van der Waals surface area contributed by atoms with E-state index >= 15 is 0 Å². The number of phenolic OH excluding ortho intramolecular Hbond substituents is 1. The number of hydrogen-bond acceptors (Lipinski definition) is 9. The van der Waals surface area contributed by atoms with Crippen LogP contribution in [0.3, 0.4) is 0 Å². The summed E-state index contributed by atoms with van der Waals surface area (Å²) in [5, 5.41) is 44.3. The van der Waals surface area contributed by atoms with E-state index in [1.54, 1.807) is 15.6 Å². The zero-order valence-electron chi connectivity index (χ0n) is 18.0. The van der Waals surface area contributed by atoms with Gasteiger partial charge in [-0.25, -0.2) is 14.6 Å². The third kappa shape index (κ3) is 4.09. The van der Waals surface area contributed by atoms with Crippen molar-refractivity contribution in [2.24, 2.45) is 0 Å². The molecule has 0 aliphatic carbocycles. The smallest absolute Gasteiger partial charge is 0.164 e. The first-order valence-electron chi connectivity index (χ1n) is 10.2. The molecule has 0 saturated heterocycles. The maximum Gasteiger partial charge on any atom is 0.164 e. The lowest BCUT2D eigenvalue weighted by Crippen LogP contribution is -2.38. The Morgan fingerprint density at radius 3 is 2.65 bits per heavy atom. The summed E-state index contributed by atoms with van der Waals surface area (Å²) in [6, 6.07) is 17.6. The Morgan fingerprint density at radius 2 is 1.94 bits per heavy atom. The number of hydrogen-bond donors (Lipinski definition) is 3. The van der Waals surface area contributed by atoms with Crippen molar-refractivity contribution in [3.63, 3.8) is 0 Å². The van der Waals surface area contributed by atoms with Crippen molar-refractivity contribution in [2.75, 3.05) is 17.2 Å². The predicted octanol–water partition coefficient (Wildman–Crippen LogP) is 2.56. The molecule has 0 spiro atoms. The number of fused-ring (bicyclic) bond motifs is 1. The fraction of sp³-hybridized carbons (Fsp3) is 0.125.